The Morgan fingerprint density at radius 2 is 1.75 bits per heavy atom. The first-order valence-corrected chi connectivity index (χ1v) is 11.9. The number of aryl methyl sites for hydroxylation is 1. The number of anilines is 2. The molecular weight excluding hydrogens is 475 g/mol. The summed E-state index contributed by atoms with van der Waals surface area (Å²) in [5, 5.41) is 14.1. The number of carbonyl (C=O) groups is 1. The number of alkyl halides is 3. The quantitative estimate of drug-likeness (QED) is 0.553. The van der Waals surface area contributed by atoms with Crippen molar-refractivity contribution < 1.29 is 32.5 Å². The fourth-order valence-corrected chi connectivity index (χ4v) is 4.82. The number of piperidine rings is 1. The Kier molecular flexibility index (Phi) is 7.33. The van der Waals surface area contributed by atoms with Crippen molar-refractivity contribution in [3.63, 3.8) is 0 Å². The summed E-state index contributed by atoms with van der Waals surface area (Å²) in [4.78, 5) is 13.6. The lowest BCUT2D eigenvalue weighted by Gasteiger charge is -2.34. The van der Waals surface area contributed by atoms with Crippen LogP contribution in [0, 0.1) is 12.8 Å². The average molecular weight is 506 g/mol. The maximum atomic E-state index is 13.4. The Bertz CT molecular complexity index is 1110. The molecule has 4 rings (SSSR count). The summed E-state index contributed by atoms with van der Waals surface area (Å²) in [5.74, 6) is -0.808. The number of hydrogen-bond acceptors (Lipinski definition) is 6. The average Bonchev–Trinajstić information content (AvgIpc) is 3.16. The van der Waals surface area contributed by atoms with Gasteiger partial charge in [-0.05, 0) is 42.8 Å². The normalized spacial score (nSPS) is 20.9. The molecule has 2 atom stereocenters. The van der Waals surface area contributed by atoms with Crippen LogP contribution in [-0.2, 0) is 4.79 Å². The van der Waals surface area contributed by atoms with Gasteiger partial charge in [-0.15, -0.1) is 0 Å². The van der Waals surface area contributed by atoms with Gasteiger partial charge in [0.05, 0.1) is 25.3 Å². The number of hydrogen-bond donors (Lipinski definition) is 1. The molecule has 7 nitrogen and oxygen atoms in total. The minimum absolute atomic E-state index is 0.0134. The number of carboxylic acid groups (broad SMARTS) is 1. The maximum absolute atomic E-state index is 13.4. The van der Waals surface area contributed by atoms with Crippen LogP contribution in [0.2, 0.25) is 0 Å². The second-order valence-electron chi connectivity index (χ2n) is 9.23. The molecule has 36 heavy (non-hydrogen) atoms. The van der Waals surface area contributed by atoms with Crippen molar-refractivity contribution in [3.05, 3.63) is 48.0 Å². The zero-order valence-corrected chi connectivity index (χ0v) is 20.5. The van der Waals surface area contributed by atoms with E-state index in [1.165, 1.54) is 17.5 Å². The Labute approximate surface area is 208 Å². The fourth-order valence-electron chi connectivity index (χ4n) is 4.82. The molecule has 2 heterocycles. The van der Waals surface area contributed by atoms with Gasteiger partial charge in [-0.2, -0.15) is 18.3 Å². The molecule has 2 aliphatic rings. The van der Waals surface area contributed by atoms with E-state index in [-0.39, 0.29) is 6.10 Å². The fraction of sp³-hybridized carbons (Fsp3) is 0.462. The molecule has 1 fully saturated rings. The van der Waals surface area contributed by atoms with Crippen molar-refractivity contribution in [1.82, 2.24) is 0 Å². The van der Waals surface area contributed by atoms with Gasteiger partial charge in [0.2, 0.25) is 0 Å². The van der Waals surface area contributed by atoms with E-state index < -0.39 is 36.2 Å². The highest BCUT2D eigenvalue weighted by atomic mass is 19.4. The lowest BCUT2D eigenvalue weighted by atomic mass is 9.94. The van der Waals surface area contributed by atoms with Gasteiger partial charge in [0.1, 0.15) is 23.3 Å². The van der Waals surface area contributed by atoms with E-state index in [4.69, 9.17) is 9.47 Å². The largest absolute Gasteiger partial charge is 0.497 e. The van der Waals surface area contributed by atoms with Gasteiger partial charge in [0.15, 0.2) is 0 Å². The molecule has 1 saturated heterocycles. The molecule has 2 aromatic rings. The molecule has 0 aromatic heterocycles. The van der Waals surface area contributed by atoms with Gasteiger partial charge >= 0.3 is 12.1 Å². The minimum Gasteiger partial charge on any atom is -0.497 e. The summed E-state index contributed by atoms with van der Waals surface area (Å²) in [5.41, 5.74) is 1.75. The van der Waals surface area contributed by atoms with Gasteiger partial charge in [-0.1, -0.05) is 13.0 Å². The number of nitrogens with zero attached hydrogens (tertiary/aromatic N) is 3. The summed E-state index contributed by atoms with van der Waals surface area (Å²) in [6, 6.07) is 11.7. The predicted molar refractivity (Wildman–Crippen MR) is 131 cm³/mol. The van der Waals surface area contributed by atoms with Crippen molar-refractivity contribution in [2.24, 2.45) is 11.0 Å². The van der Waals surface area contributed by atoms with Gasteiger partial charge in [-0.3, -0.25) is 9.80 Å². The molecule has 0 unspecified atom stereocenters. The van der Waals surface area contributed by atoms with Crippen molar-refractivity contribution in [2.75, 3.05) is 30.1 Å². The summed E-state index contributed by atoms with van der Waals surface area (Å²) in [6.07, 6.45) is -3.41. The van der Waals surface area contributed by atoms with E-state index in [1.54, 1.807) is 31.4 Å². The number of benzene rings is 2. The summed E-state index contributed by atoms with van der Waals surface area (Å²) in [6.45, 7) is 5.09. The lowest BCUT2D eigenvalue weighted by molar-refractivity contribution is -0.137. The number of ether oxygens (including phenoxy) is 2. The van der Waals surface area contributed by atoms with Crippen LogP contribution in [0.1, 0.15) is 31.7 Å². The zero-order chi connectivity index (χ0) is 26.0. The van der Waals surface area contributed by atoms with E-state index in [9.17, 15) is 23.1 Å². The Balaban J connectivity index is 1.41. The number of rotatable bonds is 7. The van der Waals surface area contributed by atoms with Crippen LogP contribution >= 0.6 is 0 Å². The van der Waals surface area contributed by atoms with Crippen LogP contribution in [0.5, 0.6) is 11.5 Å². The number of methoxy groups -OCH3 is 1. The van der Waals surface area contributed by atoms with Gasteiger partial charge < -0.3 is 19.5 Å². The van der Waals surface area contributed by atoms with Crippen LogP contribution in [0.3, 0.4) is 0 Å². The molecule has 194 valence electrons. The van der Waals surface area contributed by atoms with Crippen LogP contribution < -0.4 is 19.4 Å². The topological polar surface area (TPSA) is 74.6 Å². The lowest BCUT2D eigenvalue weighted by Crippen LogP contribution is -2.38. The SMILES string of the molecule is COc1ccc(C)c(N2CCC(Oc3ccc(N4N=C(C(F)(F)F)[C@@H](C)[C@@H]4CC(=O)O)cc3)CC2)c1. The molecule has 2 aliphatic heterocycles. The molecular formula is C26H30F3N3O4. The van der Waals surface area contributed by atoms with Crippen molar-refractivity contribution >= 4 is 23.1 Å². The molecule has 0 spiro atoms. The highest BCUT2D eigenvalue weighted by molar-refractivity contribution is 5.95. The van der Waals surface area contributed by atoms with Crippen LogP contribution in [0.25, 0.3) is 0 Å². The first kappa shape index (κ1) is 25.7. The zero-order valence-electron chi connectivity index (χ0n) is 20.5. The number of carboxylic acids is 1. The molecule has 0 radical (unpaired) electrons. The van der Waals surface area contributed by atoms with Crippen molar-refractivity contribution in [3.8, 4) is 11.5 Å². The van der Waals surface area contributed by atoms with Crippen molar-refractivity contribution in [2.45, 2.75) is 51.4 Å². The Morgan fingerprint density at radius 1 is 1.11 bits per heavy atom. The molecule has 0 aliphatic carbocycles. The number of halogens is 3. The second-order valence-corrected chi connectivity index (χ2v) is 9.23. The second kappa shape index (κ2) is 10.3. The van der Waals surface area contributed by atoms with Crippen LogP contribution in [0.4, 0.5) is 24.5 Å². The molecule has 0 bridgehead atoms. The number of aliphatic carboxylic acids is 1. The number of hydrazone groups is 1. The monoisotopic (exact) mass is 505 g/mol. The molecule has 1 N–H and O–H groups in total. The summed E-state index contributed by atoms with van der Waals surface area (Å²) < 4.78 is 51.7. The van der Waals surface area contributed by atoms with E-state index in [1.807, 2.05) is 18.2 Å². The van der Waals surface area contributed by atoms with E-state index in [2.05, 4.69) is 16.9 Å². The third-order valence-corrected chi connectivity index (χ3v) is 6.82. The van der Waals surface area contributed by atoms with Gasteiger partial charge in [0.25, 0.3) is 0 Å². The van der Waals surface area contributed by atoms with Crippen LogP contribution in [0.15, 0.2) is 47.6 Å². The molecule has 0 amide bonds. The van der Waals surface area contributed by atoms with E-state index in [0.29, 0.717) is 11.4 Å². The van der Waals surface area contributed by atoms with Gasteiger partial charge in [0, 0.05) is 43.6 Å². The molecule has 0 saturated carbocycles. The summed E-state index contributed by atoms with van der Waals surface area (Å²) in [7, 11) is 1.65. The third kappa shape index (κ3) is 5.52. The summed E-state index contributed by atoms with van der Waals surface area (Å²) >= 11 is 0. The third-order valence-electron chi connectivity index (χ3n) is 6.82. The highest BCUT2D eigenvalue weighted by Gasteiger charge is 2.48. The Hall–Kier alpha value is -3.43. The standard InChI is InChI=1S/C26H30F3N3O4/c1-16-4-7-21(35-3)14-22(16)31-12-10-20(11-13-31)36-19-8-5-18(6-9-19)32-23(15-24(33)34)17(2)25(30-32)26(27,28)29/h4-9,14,17,20,23H,10-13,15H2,1-3H3,(H,33,34)/t17-,23-/m0/s1. The smallest absolute Gasteiger partial charge is 0.431 e. The minimum atomic E-state index is -4.62. The maximum Gasteiger partial charge on any atom is 0.431 e. The Morgan fingerprint density at radius 3 is 2.33 bits per heavy atom. The van der Waals surface area contributed by atoms with Crippen LogP contribution in [-0.4, -0.2) is 55.3 Å². The molecule has 10 heteroatoms. The van der Waals surface area contributed by atoms with E-state index in [0.717, 1.165) is 37.4 Å². The first-order valence-electron chi connectivity index (χ1n) is 11.9. The highest BCUT2D eigenvalue weighted by Crippen LogP contribution is 2.37. The van der Waals surface area contributed by atoms with Crippen molar-refractivity contribution in [1.29, 1.82) is 0 Å². The van der Waals surface area contributed by atoms with E-state index >= 15 is 0 Å². The predicted octanol–water partition coefficient (Wildman–Crippen LogP) is 5.27. The molecule has 2 aromatic carbocycles. The first-order chi connectivity index (χ1) is 17.1. The van der Waals surface area contributed by atoms with Gasteiger partial charge in [-0.25, -0.2) is 0 Å².